The van der Waals surface area contributed by atoms with Crippen molar-refractivity contribution in [1.82, 2.24) is 4.90 Å². The number of nitrogens with one attached hydrogen (secondary N) is 1. The summed E-state index contributed by atoms with van der Waals surface area (Å²) < 4.78 is 5.97. The van der Waals surface area contributed by atoms with Crippen LogP contribution >= 0.6 is 0 Å². The van der Waals surface area contributed by atoms with Crippen LogP contribution in [-0.2, 0) is 27.4 Å². The van der Waals surface area contributed by atoms with Gasteiger partial charge in [-0.05, 0) is 107 Å². The minimum atomic E-state index is -0.641. The molecule has 0 bridgehead atoms. The number of carbonyl (C=O) groups is 3. The first-order valence-corrected chi connectivity index (χ1v) is 17.6. The molecular formula is C40H54N4O5. The minimum absolute atomic E-state index is 0.0212. The Morgan fingerprint density at radius 1 is 0.878 bits per heavy atom. The van der Waals surface area contributed by atoms with Crippen molar-refractivity contribution in [2.75, 3.05) is 23.8 Å². The fourth-order valence-corrected chi connectivity index (χ4v) is 6.22. The second-order valence-corrected chi connectivity index (χ2v) is 14.2. The first kappa shape index (κ1) is 37.6. The number of amides is 3. The first-order chi connectivity index (χ1) is 23.4. The lowest BCUT2D eigenvalue weighted by molar-refractivity contribution is -0.130. The number of nitrogens with zero attached hydrogens (tertiary/aromatic N) is 2. The number of hydrogen-bond acceptors (Lipinski definition) is 6. The maximum atomic E-state index is 13.9. The number of anilines is 2. The molecule has 0 aromatic heterocycles. The summed E-state index contributed by atoms with van der Waals surface area (Å²) in [6, 6.07) is 23.6. The summed E-state index contributed by atoms with van der Waals surface area (Å²) in [5.41, 5.74) is 11.0. The molecule has 3 aromatic carbocycles. The molecule has 0 atom stereocenters. The zero-order valence-electron chi connectivity index (χ0n) is 29.6. The van der Waals surface area contributed by atoms with Crippen molar-refractivity contribution in [2.45, 2.75) is 109 Å². The van der Waals surface area contributed by atoms with Gasteiger partial charge in [0.1, 0.15) is 5.60 Å². The van der Waals surface area contributed by atoms with E-state index in [1.807, 2.05) is 50.9 Å². The smallest absolute Gasteiger partial charge is 0.415 e. The number of unbranched alkanes of at least 4 members (excludes halogenated alkanes) is 1. The quantitative estimate of drug-likeness (QED) is 0.153. The van der Waals surface area contributed by atoms with Crippen LogP contribution in [0, 0.1) is 0 Å². The summed E-state index contributed by atoms with van der Waals surface area (Å²) in [7, 11) is 1.81. The second-order valence-electron chi connectivity index (χ2n) is 14.2. The molecule has 9 nitrogen and oxygen atoms in total. The Labute approximate surface area is 291 Å². The summed E-state index contributed by atoms with van der Waals surface area (Å²) in [5, 5.41) is 12.0. The van der Waals surface area contributed by atoms with Crippen molar-refractivity contribution in [1.29, 1.82) is 0 Å². The molecule has 9 heteroatoms. The van der Waals surface area contributed by atoms with E-state index < -0.39 is 5.60 Å². The topological polar surface area (TPSA) is 125 Å². The molecule has 0 heterocycles. The summed E-state index contributed by atoms with van der Waals surface area (Å²) in [6.45, 7) is 6.22. The molecule has 3 aromatic rings. The van der Waals surface area contributed by atoms with Gasteiger partial charge in [-0.15, -0.1) is 0 Å². The van der Waals surface area contributed by atoms with Gasteiger partial charge in [-0.2, -0.15) is 0 Å². The van der Waals surface area contributed by atoms with Gasteiger partial charge in [0.25, 0.3) is 0 Å². The molecule has 1 aliphatic carbocycles. The van der Waals surface area contributed by atoms with Gasteiger partial charge in [0.2, 0.25) is 11.8 Å². The molecule has 3 amide bonds. The van der Waals surface area contributed by atoms with Crippen molar-refractivity contribution in [3.63, 3.8) is 0 Å². The molecular weight excluding hydrogens is 616 g/mol. The number of carbonyl (C=O) groups excluding carboxylic acids is 3. The predicted octanol–water partition coefficient (Wildman–Crippen LogP) is 7.45. The third-order valence-corrected chi connectivity index (χ3v) is 8.95. The van der Waals surface area contributed by atoms with E-state index in [4.69, 9.17) is 15.6 Å². The number of rotatable bonds is 14. The van der Waals surface area contributed by atoms with Gasteiger partial charge >= 0.3 is 6.09 Å². The molecule has 49 heavy (non-hydrogen) atoms. The van der Waals surface area contributed by atoms with Gasteiger partial charge in [-0.25, -0.2) is 4.79 Å². The number of aliphatic hydroxyl groups is 1. The Kier molecular flexibility index (Phi) is 13.8. The highest BCUT2D eigenvalue weighted by atomic mass is 16.6. The molecule has 0 aliphatic heterocycles. The van der Waals surface area contributed by atoms with E-state index in [1.54, 1.807) is 29.2 Å². The first-order valence-electron chi connectivity index (χ1n) is 17.6. The molecule has 4 rings (SSSR count). The second kappa shape index (κ2) is 18.0. The molecule has 0 spiro atoms. The predicted molar refractivity (Wildman–Crippen MR) is 196 cm³/mol. The van der Waals surface area contributed by atoms with E-state index in [2.05, 4.69) is 35.6 Å². The standard InChI is InChI=1S/C40H54N4O5/c1-40(2,3)49-39(48)44(34-23-19-32(41)20-24-34)36-27-29(18-25-35(36)31-12-6-5-7-13-31)11-10-15-38(47)43(4)26-9-8-14-37(46)42-33-21-16-30(28-45)17-22-33/h5-7,12-13,16-18,21-22,25,27,32,34,45H,8-11,14-15,19-20,23-24,26,28,41H2,1-4H3,(H,42,46). The Balaban J connectivity index is 1.36. The maximum Gasteiger partial charge on any atom is 0.415 e. The van der Waals surface area contributed by atoms with Crippen LogP contribution in [-0.4, -0.2) is 59.2 Å². The van der Waals surface area contributed by atoms with E-state index in [0.717, 1.165) is 60.0 Å². The minimum Gasteiger partial charge on any atom is -0.443 e. The molecule has 0 unspecified atom stereocenters. The SMILES string of the molecule is CN(CCCCC(=O)Nc1ccc(CO)cc1)C(=O)CCCc1ccc(-c2ccccc2)c(N(C(=O)OC(C)(C)C)C2CCC(N)CC2)c1. The summed E-state index contributed by atoms with van der Waals surface area (Å²) in [6.07, 6.45) is 6.54. The van der Waals surface area contributed by atoms with E-state index in [9.17, 15) is 14.4 Å². The molecule has 264 valence electrons. The van der Waals surface area contributed by atoms with Gasteiger partial charge in [0.15, 0.2) is 0 Å². The van der Waals surface area contributed by atoms with Crippen LogP contribution in [0.2, 0.25) is 0 Å². The van der Waals surface area contributed by atoms with Gasteiger partial charge in [-0.3, -0.25) is 14.5 Å². The van der Waals surface area contributed by atoms with Crippen LogP contribution in [0.3, 0.4) is 0 Å². The zero-order chi connectivity index (χ0) is 35.4. The number of hydrogen-bond donors (Lipinski definition) is 3. The maximum absolute atomic E-state index is 13.9. The molecule has 0 saturated heterocycles. The van der Waals surface area contributed by atoms with Crippen LogP contribution < -0.4 is 16.0 Å². The van der Waals surface area contributed by atoms with Gasteiger partial charge in [0, 0.05) is 49.8 Å². The normalized spacial score (nSPS) is 16.1. The van der Waals surface area contributed by atoms with E-state index >= 15 is 0 Å². The Morgan fingerprint density at radius 2 is 1.55 bits per heavy atom. The highest BCUT2D eigenvalue weighted by Crippen LogP contribution is 2.37. The van der Waals surface area contributed by atoms with Gasteiger partial charge < -0.3 is 25.8 Å². The monoisotopic (exact) mass is 670 g/mol. The van der Waals surface area contributed by atoms with Crippen LogP contribution in [0.5, 0.6) is 0 Å². The van der Waals surface area contributed by atoms with Gasteiger partial charge in [0.05, 0.1) is 12.3 Å². The fraction of sp³-hybridized carbons (Fsp3) is 0.475. The fourth-order valence-electron chi connectivity index (χ4n) is 6.22. The molecule has 4 N–H and O–H groups in total. The van der Waals surface area contributed by atoms with Crippen LogP contribution in [0.15, 0.2) is 72.8 Å². The number of benzene rings is 3. The third kappa shape index (κ3) is 11.7. The van der Waals surface area contributed by atoms with Crippen LogP contribution in [0.1, 0.15) is 89.7 Å². The summed E-state index contributed by atoms with van der Waals surface area (Å²) in [4.78, 5) is 42.7. The Bertz CT molecular complexity index is 1510. The average molecular weight is 671 g/mol. The average Bonchev–Trinajstić information content (AvgIpc) is 3.07. The molecule has 0 radical (unpaired) electrons. The van der Waals surface area contributed by atoms with E-state index in [0.29, 0.717) is 44.3 Å². The largest absolute Gasteiger partial charge is 0.443 e. The number of aliphatic hydroxyl groups excluding tert-OH is 1. The van der Waals surface area contributed by atoms with Crippen molar-refractivity contribution >= 4 is 29.3 Å². The zero-order valence-corrected chi connectivity index (χ0v) is 29.6. The summed E-state index contributed by atoms with van der Waals surface area (Å²) in [5.74, 6) is 0.00385. The third-order valence-electron chi connectivity index (χ3n) is 8.95. The van der Waals surface area contributed by atoms with Crippen molar-refractivity contribution in [3.8, 4) is 11.1 Å². The van der Waals surface area contributed by atoms with Gasteiger partial charge in [-0.1, -0.05) is 54.6 Å². The van der Waals surface area contributed by atoms with Crippen LogP contribution in [0.25, 0.3) is 11.1 Å². The van der Waals surface area contributed by atoms with E-state index in [-0.39, 0.29) is 36.6 Å². The summed E-state index contributed by atoms with van der Waals surface area (Å²) >= 11 is 0. The Hall–Kier alpha value is -4.21. The highest BCUT2D eigenvalue weighted by molar-refractivity contribution is 5.95. The molecule has 1 aliphatic rings. The van der Waals surface area contributed by atoms with Crippen molar-refractivity contribution in [2.24, 2.45) is 5.73 Å². The lowest BCUT2D eigenvalue weighted by Crippen LogP contribution is -2.46. The van der Waals surface area contributed by atoms with Crippen LogP contribution in [0.4, 0.5) is 16.2 Å². The molecule has 1 fully saturated rings. The van der Waals surface area contributed by atoms with Crippen molar-refractivity contribution < 1.29 is 24.2 Å². The molecule has 1 saturated carbocycles. The van der Waals surface area contributed by atoms with Crippen molar-refractivity contribution in [3.05, 3.63) is 83.9 Å². The lowest BCUT2D eigenvalue weighted by Gasteiger charge is -2.38. The highest BCUT2D eigenvalue weighted by Gasteiger charge is 2.34. The lowest BCUT2D eigenvalue weighted by atomic mass is 9.89. The number of nitrogens with two attached hydrogens (primary N) is 1. The number of aryl methyl sites for hydroxylation is 1. The number of ether oxygens (including phenoxy) is 1. The Morgan fingerprint density at radius 3 is 2.20 bits per heavy atom. The van der Waals surface area contributed by atoms with E-state index in [1.165, 1.54) is 0 Å².